The van der Waals surface area contributed by atoms with Crippen LogP contribution >= 0.6 is 12.2 Å². The summed E-state index contributed by atoms with van der Waals surface area (Å²) in [4.78, 5) is 13.7. The lowest BCUT2D eigenvalue weighted by Crippen LogP contribution is -2.50. The Kier molecular flexibility index (Phi) is 4.44. The molecule has 5 nitrogen and oxygen atoms in total. The molecule has 1 aliphatic rings. The third-order valence-electron chi connectivity index (χ3n) is 2.45. The Morgan fingerprint density at radius 1 is 1.80 bits per heavy atom. The zero-order chi connectivity index (χ0) is 11.4. The highest BCUT2D eigenvalue weighted by Gasteiger charge is 2.27. The first-order valence-electron chi connectivity index (χ1n) is 4.86. The van der Waals surface area contributed by atoms with Crippen LogP contribution in [0.4, 0.5) is 0 Å². The minimum Gasteiger partial charge on any atom is -0.394 e. The predicted molar refractivity (Wildman–Crippen MR) is 59.4 cm³/mol. The molecule has 6 heteroatoms. The number of aliphatic hydroxyl groups is 1. The van der Waals surface area contributed by atoms with Crippen LogP contribution in [-0.2, 0) is 9.53 Å². The smallest absolute Gasteiger partial charge is 0.232 e. The Hall–Kier alpha value is -0.720. The van der Waals surface area contributed by atoms with Gasteiger partial charge in [0.15, 0.2) is 0 Å². The molecule has 2 unspecified atom stereocenters. The van der Waals surface area contributed by atoms with E-state index in [2.05, 4.69) is 0 Å². The van der Waals surface area contributed by atoms with Gasteiger partial charge in [-0.1, -0.05) is 12.2 Å². The van der Waals surface area contributed by atoms with Crippen LogP contribution < -0.4 is 5.73 Å². The van der Waals surface area contributed by atoms with Gasteiger partial charge in [-0.3, -0.25) is 4.79 Å². The molecule has 15 heavy (non-hydrogen) atoms. The molecule has 0 bridgehead atoms. The Labute approximate surface area is 94.2 Å². The van der Waals surface area contributed by atoms with Crippen molar-refractivity contribution in [3.63, 3.8) is 0 Å². The van der Waals surface area contributed by atoms with Crippen molar-refractivity contribution in [1.82, 2.24) is 4.90 Å². The van der Waals surface area contributed by atoms with Crippen LogP contribution in [0.25, 0.3) is 0 Å². The van der Waals surface area contributed by atoms with E-state index in [0.29, 0.717) is 19.7 Å². The van der Waals surface area contributed by atoms with Crippen molar-refractivity contribution in [2.24, 2.45) is 11.7 Å². The fourth-order valence-corrected chi connectivity index (χ4v) is 1.53. The zero-order valence-corrected chi connectivity index (χ0v) is 9.50. The van der Waals surface area contributed by atoms with E-state index in [1.807, 2.05) is 0 Å². The fourth-order valence-electron chi connectivity index (χ4n) is 1.43. The summed E-state index contributed by atoms with van der Waals surface area (Å²) in [5.41, 5.74) is 5.41. The van der Waals surface area contributed by atoms with Crippen LogP contribution in [0.2, 0.25) is 0 Å². The van der Waals surface area contributed by atoms with Gasteiger partial charge in [-0.2, -0.15) is 0 Å². The van der Waals surface area contributed by atoms with Gasteiger partial charge in [0.05, 0.1) is 30.2 Å². The molecule has 0 aliphatic carbocycles. The summed E-state index contributed by atoms with van der Waals surface area (Å²) < 4.78 is 5.24. The maximum atomic E-state index is 11.8. The van der Waals surface area contributed by atoms with E-state index in [9.17, 15) is 4.79 Å². The van der Waals surface area contributed by atoms with Crippen LogP contribution in [0.1, 0.15) is 6.92 Å². The fraction of sp³-hybridized carbons (Fsp3) is 0.778. The number of nitrogens with two attached hydrogens (primary N) is 1. The van der Waals surface area contributed by atoms with Crippen LogP contribution in [0.5, 0.6) is 0 Å². The summed E-state index contributed by atoms with van der Waals surface area (Å²) in [6.45, 7) is 2.99. The highest BCUT2D eigenvalue weighted by atomic mass is 32.1. The molecule has 1 amide bonds. The van der Waals surface area contributed by atoms with E-state index in [4.69, 9.17) is 27.8 Å². The van der Waals surface area contributed by atoms with Crippen LogP contribution in [0.3, 0.4) is 0 Å². The van der Waals surface area contributed by atoms with E-state index in [1.54, 1.807) is 11.8 Å². The lowest BCUT2D eigenvalue weighted by Gasteiger charge is -2.33. The Bertz CT molecular complexity index is 260. The molecule has 3 N–H and O–H groups in total. The second kappa shape index (κ2) is 5.39. The Balaban J connectivity index is 2.55. The number of aliphatic hydroxyl groups excluding tert-OH is 1. The summed E-state index contributed by atoms with van der Waals surface area (Å²) in [6, 6.07) is 0. The Morgan fingerprint density at radius 2 is 2.47 bits per heavy atom. The quantitative estimate of drug-likeness (QED) is 0.619. The average Bonchev–Trinajstić information content (AvgIpc) is 2.27. The molecule has 0 radical (unpaired) electrons. The van der Waals surface area contributed by atoms with Gasteiger partial charge < -0.3 is 20.5 Å². The average molecular weight is 232 g/mol. The molecule has 1 aliphatic heterocycles. The van der Waals surface area contributed by atoms with Crippen LogP contribution in [0.15, 0.2) is 0 Å². The molecule has 0 saturated carbocycles. The lowest BCUT2D eigenvalue weighted by atomic mass is 10.1. The van der Waals surface area contributed by atoms with Gasteiger partial charge in [-0.15, -0.1) is 0 Å². The van der Waals surface area contributed by atoms with Gasteiger partial charge in [-0.05, 0) is 6.92 Å². The topological polar surface area (TPSA) is 75.8 Å². The molecule has 0 aromatic rings. The maximum absolute atomic E-state index is 11.8. The largest absolute Gasteiger partial charge is 0.394 e. The van der Waals surface area contributed by atoms with Crippen molar-refractivity contribution in [2.45, 2.75) is 13.0 Å². The second-order valence-corrected chi connectivity index (χ2v) is 4.06. The van der Waals surface area contributed by atoms with Crippen molar-refractivity contribution in [3.8, 4) is 0 Å². The van der Waals surface area contributed by atoms with Crippen molar-refractivity contribution in [2.75, 3.05) is 26.3 Å². The minimum atomic E-state index is -0.447. The first-order valence-corrected chi connectivity index (χ1v) is 5.27. The number of amides is 1. The van der Waals surface area contributed by atoms with E-state index in [1.165, 1.54) is 0 Å². The third-order valence-corrected chi connectivity index (χ3v) is 2.80. The normalized spacial score (nSPS) is 23.6. The van der Waals surface area contributed by atoms with Gasteiger partial charge in [0.25, 0.3) is 0 Å². The summed E-state index contributed by atoms with van der Waals surface area (Å²) in [6.07, 6.45) is -0.291. The number of nitrogens with zero attached hydrogens (tertiary/aromatic N) is 1. The van der Waals surface area contributed by atoms with Gasteiger partial charge >= 0.3 is 0 Å². The molecule has 0 aromatic heterocycles. The molecule has 1 fully saturated rings. The number of rotatable bonds is 3. The number of morpholine rings is 1. The Morgan fingerprint density at radius 3 is 3.00 bits per heavy atom. The number of hydrogen-bond donors (Lipinski definition) is 2. The van der Waals surface area contributed by atoms with Crippen molar-refractivity contribution in [3.05, 3.63) is 0 Å². The maximum Gasteiger partial charge on any atom is 0.232 e. The van der Waals surface area contributed by atoms with E-state index in [0.717, 1.165) is 0 Å². The number of hydrogen-bond acceptors (Lipinski definition) is 4. The van der Waals surface area contributed by atoms with Crippen molar-refractivity contribution < 1.29 is 14.6 Å². The standard InChI is InChI=1S/C9H16N2O3S/c1-6(8(10)15)9(13)11-2-3-14-7(4-11)5-12/h6-7,12H,2-5H2,1H3,(H2,10,15). The van der Waals surface area contributed by atoms with Gasteiger partial charge in [0.1, 0.15) is 0 Å². The molecule has 0 aromatic carbocycles. The molecule has 1 heterocycles. The molecule has 86 valence electrons. The summed E-state index contributed by atoms with van der Waals surface area (Å²) in [5, 5.41) is 8.92. The summed E-state index contributed by atoms with van der Waals surface area (Å²) in [7, 11) is 0. The van der Waals surface area contributed by atoms with Gasteiger partial charge in [0.2, 0.25) is 5.91 Å². The van der Waals surface area contributed by atoms with Gasteiger partial charge in [0, 0.05) is 13.1 Å². The van der Waals surface area contributed by atoms with E-state index >= 15 is 0 Å². The zero-order valence-electron chi connectivity index (χ0n) is 8.68. The van der Waals surface area contributed by atoms with E-state index in [-0.39, 0.29) is 23.6 Å². The number of ether oxygens (including phenoxy) is 1. The number of thiocarbonyl (C=S) groups is 1. The first kappa shape index (κ1) is 12.4. The predicted octanol–water partition coefficient (Wildman–Crippen LogP) is -0.872. The molecular weight excluding hydrogens is 216 g/mol. The molecule has 0 spiro atoms. The highest BCUT2D eigenvalue weighted by Crippen LogP contribution is 2.09. The van der Waals surface area contributed by atoms with Gasteiger partial charge in [-0.25, -0.2) is 0 Å². The monoisotopic (exact) mass is 232 g/mol. The van der Waals surface area contributed by atoms with E-state index < -0.39 is 5.92 Å². The SMILES string of the molecule is CC(C(=O)N1CCOC(CO)C1)C(N)=S. The lowest BCUT2D eigenvalue weighted by molar-refractivity contribution is -0.141. The first-order chi connectivity index (χ1) is 7.06. The minimum absolute atomic E-state index is 0.0781. The molecule has 1 saturated heterocycles. The van der Waals surface area contributed by atoms with Crippen molar-refractivity contribution in [1.29, 1.82) is 0 Å². The highest BCUT2D eigenvalue weighted by molar-refractivity contribution is 7.80. The number of carbonyl (C=O) groups is 1. The van der Waals surface area contributed by atoms with Crippen LogP contribution in [0, 0.1) is 5.92 Å². The third kappa shape index (κ3) is 3.12. The summed E-state index contributed by atoms with van der Waals surface area (Å²) in [5.74, 6) is -0.540. The number of carbonyl (C=O) groups excluding carboxylic acids is 1. The van der Waals surface area contributed by atoms with Crippen molar-refractivity contribution >= 4 is 23.1 Å². The second-order valence-electron chi connectivity index (χ2n) is 3.58. The molecular formula is C9H16N2O3S. The summed E-state index contributed by atoms with van der Waals surface area (Å²) >= 11 is 4.77. The molecule has 2 atom stereocenters. The van der Waals surface area contributed by atoms with Crippen LogP contribution in [-0.4, -0.2) is 53.3 Å². The molecule has 1 rings (SSSR count).